The Hall–Kier alpha value is -1.55. The zero-order valence-corrected chi connectivity index (χ0v) is 11.7. The van der Waals surface area contributed by atoms with Gasteiger partial charge in [-0.3, -0.25) is 9.69 Å². The van der Waals surface area contributed by atoms with Crippen LogP contribution < -0.4 is 10.1 Å². The van der Waals surface area contributed by atoms with Crippen LogP contribution in [0.3, 0.4) is 0 Å². The van der Waals surface area contributed by atoms with Crippen LogP contribution in [0.15, 0.2) is 24.3 Å². The summed E-state index contributed by atoms with van der Waals surface area (Å²) in [5.41, 5.74) is 1.03. The van der Waals surface area contributed by atoms with Crippen LogP contribution in [-0.4, -0.2) is 31.0 Å². The van der Waals surface area contributed by atoms with Gasteiger partial charge in [0.2, 0.25) is 5.91 Å². The predicted molar refractivity (Wildman–Crippen MR) is 75.0 cm³/mol. The Morgan fingerprint density at radius 2 is 2.16 bits per heavy atom. The molecule has 1 saturated heterocycles. The number of amides is 1. The van der Waals surface area contributed by atoms with Gasteiger partial charge in [-0.1, -0.05) is 38.0 Å². The largest absolute Gasteiger partial charge is 0.496 e. The van der Waals surface area contributed by atoms with Gasteiger partial charge in [-0.05, 0) is 12.5 Å². The van der Waals surface area contributed by atoms with E-state index in [2.05, 4.69) is 17.1 Å². The molecule has 4 nitrogen and oxygen atoms in total. The van der Waals surface area contributed by atoms with Crippen molar-refractivity contribution in [2.24, 2.45) is 0 Å². The van der Waals surface area contributed by atoms with E-state index >= 15 is 0 Å². The van der Waals surface area contributed by atoms with E-state index in [9.17, 15) is 4.79 Å². The Morgan fingerprint density at radius 1 is 1.37 bits per heavy atom. The number of unbranched alkanes of at least 4 members (excludes halogenated alkanes) is 2. The molecule has 1 aromatic carbocycles. The highest BCUT2D eigenvalue weighted by Gasteiger charge is 2.31. The van der Waals surface area contributed by atoms with Gasteiger partial charge in [-0.15, -0.1) is 0 Å². The Balaban J connectivity index is 2.13. The van der Waals surface area contributed by atoms with Crippen LogP contribution in [0.25, 0.3) is 0 Å². The van der Waals surface area contributed by atoms with Gasteiger partial charge in [-0.2, -0.15) is 0 Å². The van der Waals surface area contributed by atoms with Crippen LogP contribution in [0.1, 0.15) is 37.9 Å². The number of methoxy groups -OCH3 is 1. The molecule has 1 N–H and O–H groups in total. The van der Waals surface area contributed by atoms with Crippen LogP contribution in [0.2, 0.25) is 0 Å². The smallest absolute Gasteiger partial charge is 0.235 e. The summed E-state index contributed by atoms with van der Waals surface area (Å²) in [7, 11) is 1.66. The Labute approximate surface area is 114 Å². The van der Waals surface area contributed by atoms with Crippen molar-refractivity contribution in [3.63, 3.8) is 0 Å². The van der Waals surface area contributed by atoms with E-state index in [1.807, 2.05) is 24.3 Å². The SMILES string of the molecule is CCCCCN1CC(=O)N[C@@H]1c1ccccc1OC. The molecular formula is C15H22N2O2. The maximum absolute atomic E-state index is 11.7. The molecule has 1 aliphatic heterocycles. The van der Waals surface area contributed by atoms with E-state index < -0.39 is 0 Å². The molecule has 19 heavy (non-hydrogen) atoms. The molecule has 1 atom stereocenters. The summed E-state index contributed by atoms with van der Waals surface area (Å²) in [6.45, 7) is 3.60. The lowest BCUT2D eigenvalue weighted by atomic mass is 10.1. The summed E-state index contributed by atoms with van der Waals surface area (Å²) in [6, 6.07) is 7.87. The van der Waals surface area contributed by atoms with Crippen molar-refractivity contribution in [3.05, 3.63) is 29.8 Å². The van der Waals surface area contributed by atoms with E-state index in [-0.39, 0.29) is 12.1 Å². The molecule has 4 heteroatoms. The number of nitrogens with one attached hydrogen (secondary N) is 1. The molecule has 1 aromatic rings. The van der Waals surface area contributed by atoms with Crippen LogP contribution in [0, 0.1) is 0 Å². The van der Waals surface area contributed by atoms with Crippen molar-refractivity contribution in [2.75, 3.05) is 20.2 Å². The van der Waals surface area contributed by atoms with Crippen molar-refractivity contribution < 1.29 is 9.53 Å². The third-order valence-corrected chi connectivity index (χ3v) is 3.49. The molecule has 1 amide bonds. The first kappa shape index (κ1) is 13.9. The third kappa shape index (κ3) is 3.26. The molecule has 0 saturated carbocycles. The highest BCUT2D eigenvalue weighted by molar-refractivity contribution is 5.80. The first-order valence-corrected chi connectivity index (χ1v) is 6.92. The highest BCUT2D eigenvalue weighted by Crippen LogP contribution is 2.29. The quantitative estimate of drug-likeness (QED) is 0.800. The predicted octanol–water partition coefficient (Wildman–Crippen LogP) is 2.32. The van der Waals surface area contributed by atoms with E-state index in [4.69, 9.17) is 4.74 Å². The molecule has 0 aliphatic carbocycles. The number of carbonyl (C=O) groups is 1. The fourth-order valence-electron chi connectivity index (χ4n) is 2.50. The minimum absolute atomic E-state index is 0.0551. The summed E-state index contributed by atoms with van der Waals surface area (Å²) in [6.07, 6.45) is 3.45. The number of ether oxygens (including phenoxy) is 1. The molecule has 1 aliphatic rings. The van der Waals surface area contributed by atoms with Gasteiger partial charge in [0.1, 0.15) is 11.9 Å². The van der Waals surface area contributed by atoms with Crippen molar-refractivity contribution in [1.29, 1.82) is 0 Å². The molecule has 0 aromatic heterocycles. The van der Waals surface area contributed by atoms with Crippen LogP contribution in [0.5, 0.6) is 5.75 Å². The number of benzene rings is 1. The van der Waals surface area contributed by atoms with Gasteiger partial charge in [-0.25, -0.2) is 0 Å². The molecule has 1 fully saturated rings. The van der Waals surface area contributed by atoms with Gasteiger partial charge < -0.3 is 10.1 Å². The van der Waals surface area contributed by atoms with Crippen molar-refractivity contribution in [1.82, 2.24) is 10.2 Å². The molecule has 104 valence electrons. The van der Waals surface area contributed by atoms with E-state index in [1.54, 1.807) is 7.11 Å². The first-order chi connectivity index (χ1) is 9.26. The Bertz CT molecular complexity index is 434. The van der Waals surface area contributed by atoms with Crippen LogP contribution in [-0.2, 0) is 4.79 Å². The topological polar surface area (TPSA) is 41.6 Å². The zero-order chi connectivity index (χ0) is 13.7. The summed E-state index contributed by atoms with van der Waals surface area (Å²) in [5.74, 6) is 0.919. The molecular weight excluding hydrogens is 240 g/mol. The number of rotatable bonds is 6. The van der Waals surface area contributed by atoms with Crippen molar-refractivity contribution in [2.45, 2.75) is 32.4 Å². The fourth-order valence-corrected chi connectivity index (χ4v) is 2.50. The fraction of sp³-hybridized carbons (Fsp3) is 0.533. The maximum Gasteiger partial charge on any atom is 0.235 e. The second kappa shape index (κ2) is 6.57. The lowest BCUT2D eigenvalue weighted by Crippen LogP contribution is -2.29. The lowest BCUT2D eigenvalue weighted by Gasteiger charge is -2.24. The highest BCUT2D eigenvalue weighted by atomic mass is 16.5. The Kier molecular flexibility index (Phi) is 4.80. The average molecular weight is 262 g/mol. The van der Waals surface area contributed by atoms with Gasteiger partial charge in [0, 0.05) is 12.1 Å². The van der Waals surface area contributed by atoms with Crippen LogP contribution in [0.4, 0.5) is 0 Å². The summed E-state index contributed by atoms with van der Waals surface area (Å²) in [5, 5.41) is 3.03. The summed E-state index contributed by atoms with van der Waals surface area (Å²) < 4.78 is 5.39. The maximum atomic E-state index is 11.7. The van der Waals surface area contributed by atoms with Gasteiger partial charge >= 0.3 is 0 Å². The summed E-state index contributed by atoms with van der Waals surface area (Å²) >= 11 is 0. The standard InChI is InChI=1S/C15H22N2O2/c1-3-4-7-10-17-11-14(18)16-15(17)12-8-5-6-9-13(12)19-2/h5-6,8-9,15H,3-4,7,10-11H2,1-2H3,(H,16,18)/t15-/m0/s1. The van der Waals surface area contributed by atoms with Gasteiger partial charge in [0.05, 0.1) is 13.7 Å². The molecule has 0 radical (unpaired) electrons. The van der Waals surface area contributed by atoms with E-state index in [1.165, 1.54) is 12.8 Å². The monoisotopic (exact) mass is 262 g/mol. The number of nitrogens with zero attached hydrogens (tertiary/aromatic N) is 1. The minimum Gasteiger partial charge on any atom is -0.496 e. The second-order valence-corrected chi connectivity index (χ2v) is 4.89. The third-order valence-electron chi connectivity index (χ3n) is 3.49. The average Bonchev–Trinajstić information content (AvgIpc) is 2.80. The summed E-state index contributed by atoms with van der Waals surface area (Å²) in [4.78, 5) is 13.9. The van der Waals surface area contributed by atoms with E-state index in [0.717, 1.165) is 24.3 Å². The number of para-hydroxylation sites is 1. The van der Waals surface area contributed by atoms with Crippen LogP contribution >= 0.6 is 0 Å². The van der Waals surface area contributed by atoms with Gasteiger partial charge in [0.15, 0.2) is 0 Å². The lowest BCUT2D eigenvalue weighted by molar-refractivity contribution is -0.118. The van der Waals surface area contributed by atoms with Crippen molar-refractivity contribution >= 4 is 5.91 Å². The second-order valence-electron chi connectivity index (χ2n) is 4.89. The molecule has 0 bridgehead atoms. The molecule has 0 spiro atoms. The number of hydrogen-bond donors (Lipinski definition) is 1. The molecule has 2 rings (SSSR count). The first-order valence-electron chi connectivity index (χ1n) is 6.92. The molecule has 1 heterocycles. The number of hydrogen-bond acceptors (Lipinski definition) is 3. The minimum atomic E-state index is -0.0551. The normalized spacial score (nSPS) is 19.5. The van der Waals surface area contributed by atoms with Crippen molar-refractivity contribution in [3.8, 4) is 5.75 Å². The van der Waals surface area contributed by atoms with Gasteiger partial charge in [0.25, 0.3) is 0 Å². The van der Waals surface area contributed by atoms with E-state index in [0.29, 0.717) is 6.54 Å². The number of carbonyl (C=O) groups excluding carboxylic acids is 1. The Morgan fingerprint density at radius 3 is 2.89 bits per heavy atom. The molecule has 0 unspecified atom stereocenters. The zero-order valence-electron chi connectivity index (χ0n) is 11.7.